The lowest BCUT2D eigenvalue weighted by Crippen LogP contribution is -2.55. The first kappa shape index (κ1) is 17.6. The van der Waals surface area contributed by atoms with Crippen LogP contribution in [0, 0.1) is 0 Å². The van der Waals surface area contributed by atoms with E-state index in [0.29, 0.717) is 17.3 Å². The van der Waals surface area contributed by atoms with Gasteiger partial charge in [-0.2, -0.15) is 5.10 Å². The molecule has 0 radical (unpaired) electrons. The van der Waals surface area contributed by atoms with Crippen LogP contribution in [0.25, 0.3) is 10.8 Å². The number of rotatable bonds is 5. The lowest BCUT2D eigenvalue weighted by molar-refractivity contribution is 0.0697. The second-order valence-electron chi connectivity index (χ2n) is 6.93. The second kappa shape index (κ2) is 7.35. The van der Waals surface area contributed by atoms with E-state index in [1.807, 2.05) is 6.07 Å². The van der Waals surface area contributed by atoms with Gasteiger partial charge in [-0.25, -0.2) is 5.10 Å². The number of benzene rings is 1. The molecule has 1 aliphatic rings. The molecule has 0 atom stereocenters. The fourth-order valence-corrected chi connectivity index (χ4v) is 3.86. The van der Waals surface area contributed by atoms with Crippen LogP contribution in [0.3, 0.4) is 0 Å². The quantitative estimate of drug-likeness (QED) is 0.874. The zero-order chi connectivity index (χ0) is 17.9. The fraction of sp³-hybridized carbons (Fsp3) is 0.526. The number of carbonyl (C=O) groups excluding carboxylic acids is 1. The van der Waals surface area contributed by atoms with Crippen LogP contribution in [-0.4, -0.2) is 46.7 Å². The lowest BCUT2D eigenvalue weighted by Gasteiger charge is -2.44. The van der Waals surface area contributed by atoms with Gasteiger partial charge in [-0.3, -0.25) is 14.5 Å². The molecule has 6 heteroatoms. The minimum absolute atomic E-state index is 0.0145. The number of fused-ring (bicyclic) bond motifs is 1. The molecule has 0 saturated heterocycles. The highest BCUT2D eigenvalue weighted by atomic mass is 16.2. The molecule has 0 aliphatic heterocycles. The highest BCUT2D eigenvalue weighted by Crippen LogP contribution is 2.32. The standard InChI is InChI=1S/C19H26N4O2/c1-3-23(2)19(11-7-4-8-12-19)13-20-18(25)16-14-9-5-6-10-15(14)17(24)22-21-16/h5-6,9-10H,3-4,7-8,11-13H2,1-2H3,(H,20,25)(H,22,24). The van der Waals surface area contributed by atoms with Gasteiger partial charge in [-0.15, -0.1) is 0 Å². The molecule has 134 valence electrons. The third-order valence-electron chi connectivity index (χ3n) is 5.56. The smallest absolute Gasteiger partial charge is 0.272 e. The van der Waals surface area contributed by atoms with Gasteiger partial charge in [0, 0.05) is 17.5 Å². The zero-order valence-electron chi connectivity index (χ0n) is 15.0. The lowest BCUT2D eigenvalue weighted by atomic mass is 9.80. The van der Waals surface area contributed by atoms with Gasteiger partial charge in [0.1, 0.15) is 0 Å². The Morgan fingerprint density at radius 3 is 2.60 bits per heavy atom. The van der Waals surface area contributed by atoms with Crippen LogP contribution in [-0.2, 0) is 0 Å². The van der Waals surface area contributed by atoms with Gasteiger partial charge in [0.2, 0.25) is 0 Å². The van der Waals surface area contributed by atoms with Crippen molar-refractivity contribution in [1.82, 2.24) is 20.4 Å². The van der Waals surface area contributed by atoms with Crippen LogP contribution in [0.2, 0.25) is 0 Å². The molecule has 1 saturated carbocycles. The molecule has 0 bridgehead atoms. The van der Waals surface area contributed by atoms with E-state index < -0.39 is 0 Å². The number of likely N-dealkylation sites (N-methyl/N-ethyl adjacent to an activating group) is 1. The maximum Gasteiger partial charge on any atom is 0.272 e. The largest absolute Gasteiger partial charge is 0.349 e. The number of aromatic amines is 1. The molecule has 0 unspecified atom stereocenters. The summed E-state index contributed by atoms with van der Waals surface area (Å²) in [4.78, 5) is 27.0. The first-order valence-electron chi connectivity index (χ1n) is 9.04. The SMILES string of the molecule is CCN(C)C1(CNC(=O)c2n[nH]c(=O)c3ccccc23)CCCCC1. The van der Waals surface area contributed by atoms with Crippen LogP contribution in [0.15, 0.2) is 29.1 Å². The number of H-pyrrole nitrogens is 1. The van der Waals surface area contributed by atoms with Gasteiger partial charge in [0.05, 0.1) is 5.39 Å². The summed E-state index contributed by atoms with van der Waals surface area (Å²) in [5, 5.41) is 10.6. The van der Waals surface area contributed by atoms with Gasteiger partial charge < -0.3 is 5.32 Å². The molecule has 1 heterocycles. The van der Waals surface area contributed by atoms with E-state index in [1.54, 1.807) is 18.2 Å². The number of nitrogens with zero attached hydrogens (tertiary/aromatic N) is 2. The van der Waals surface area contributed by atoms with Crippen molar-refractivity contribution in [2.75, 3.05) is 20.1 Å². The molecule has 3 rings (SSSR count). The molecule has 1 fully saturated rings. The van der Waals surface area contributed by atoms with E-state index in [-0.39, 0.29) is 22.7 Å². The van der Waals surface area contributed by atoms with E-state index in [9.17, 15) is 9.59 Å². The Kier molecular flexibility index (Phi) is 5.18. The maximum atomic E-state index is 12.8. The van der Waals surface area contributed by atoms with Crippen molar-refractivity contribution >= 4 is 16.7 Å². The summed E-state index contributed by atoms with van der Waals surface area (Å²) in [6.07, 6.45) is 5.84. The van der Waals surface area contributed by atoms with Gasteiger partial charge in [-0.1, -0.05) is 44.4 Å². The summed E-state index contributed by atoms with van der Waals surface area (Å²) in [5.74, 6) is -0.234. The molecule has 0 spiro atoms. The van der Waals surface area contributed by atoms with E-state index in [0.717, 1.165) is 19.4 Å². The van der Waals surface area contributed by atoms with Crippen LogP contribution < -0.4 is 10.9 Å². The van der Waals surface area contributed by atoms with Crippen LogP contribution in [0.4, 0.5) is 0 Å². The molecule has 2 N–H and O–H groups in total. The Labute approximate surface area is 147 Å². The molecule has 1 amide bonds. The maximum absolute atomic E-state index is 12.8. The van der Waals surface area contributed by atoms with E-state index in [4.69, 9.17) is 0 Å². The first-order chi connectivity index (χ1) is 12.1. The normalized spacial score (nSPS) is 16.9. The number of hydrogen-bond acceptors (Lipinski definition) is 4. The summed E-state index contributed by atoms with van der Waals surface area (Å²) < 4.78 is 0. The predicted octanol–water partition coefficient (Wildman–Crippen LogP) is 2.31. The molecule has 1 aliphatic carbocycles. The highest BCUT2D eigenvalue weighted by Gasteiger charge is 2.35. The molecule has 1 aromatic heterocycles. The van der Waals surface area contributed by atoms with Crippen LogP contribution in [0.5, 0.6) is 0 Å². The summed E-state index contributed by atoms with van der Waals surface area (Å²) >= 11 is 0. The van der Waals surface area contributed by atoms with Crippen LogP contribution >= 0.6 is 0 Å². The number of hydrogen-bond donors (Lipinski definition) is 2. The third kappa shape index (κ3) is 3.44. The van der Waals surface area contributed by atoms with Crippen LogP contribution in [0.1, 0.15) is 49.5 Å². The molecular formula is C19H26N4O2. The van der Waals surface area contributed by atoms with Gasteiger partial charge in [0.25, 0.3) is 11.5 Å². The van der Waals surface area contributed by atoms with E-state index >= 15 is 0 Å². The van der Waals surface area contributed by atoms with Crippen molar-refractivity contribution < 1.29 is 4.79 Å². The number of amides is 1. The minimum atomic E-state index is -0.276. The summed E-state index contributed by atoms with van der Waals surface area (Å²) in [6.45, 7) is 3.70. The first-order valence-corrected chi connectivity index (χ1v) is 9.04. The van der Waals surface area contributed by atoms with Gasteiger partial charge in [0.15, 0.2) is 5.69 Å². The average molecular weight is 342 g/mol. The number of carbonyl (C=O) groups is 1. The monoisotopic (exact) mass is 342 g/mol. The third-order valence-corrected chi connectivity index (χ3v) is 5.56. The average Bonchev–Trinajstić information content (AvgIpc) is 2.66. The molecule has 6 nitrogen and oxygen atoms in total. The highest BCUT2D eigenvalue weighted by molar-refractivity contribution is 6.04. The number of aromatic nitrogens is 2. The van der Waals surface area contributed by atoms with Gasteiger partial charge >= 0.3 is 0 Å². The Hall–Kier alpha value is -2.21. The van der Waals surface area contributed by atoms with Crippen molar-refractivity contribution in [3.63, 3.8) is 0 Å². The van der Waals surface area contributed by atoms with Crippen molar-refractivity contribution in [2.24, 2.45) is 0 Å². The van der Waals surface area contributed by atoms with E-state index in [1.165, 1.54) is 19.3 Å². The van der Waals surface area contributed by atoms with Crippen molar-refractivity contribution in [3.8, 4) is 0 Å². The summed E-state index contributed by atoms with van der Waals surface area (Å²) in [5.41, 5.74) is 0.0163. The summed E-state index contributed by atoms with van der Waals surface area (Å²) in [7, 11) is 2.13. The molecular weight excluding hydrogens is 316 g/mol. The minimum Gasteiger partial charge on any atom is -0.349 e. The molecule has 1 aromatic carbocycles. The topological polar surface area (TPSA) is 78.1 Å². The Morgan fingerprint density at radius 2 is 1.92 bits per heavy atom. The number of nitrogens with one attached hydrogen (secondary N) is 2. The van der Waals surface area contributed by atoms with E-state index in [2.05, 4.69) is 34.4 Å². The Bertz CT molecular complexity index is 808. The second-order valence-corrected chi connectivity index (χ2v) is 6.93. The predicted molar refractivity (Wildman–Crippen MR) is 98.8 cm³/mol. The Morgan fingerprint density at radius 1 is 1.24 bits per heavy atom. The summed E-state index contributed by atoms with van der Waals surface area (Å²) in [6, 6.07) is 7.07. The van der Waals surface area contributed by atoms with Crippen molar-refractivity contribution in [2.45, 2.75) is 44.6 Å². The fourth-order valence-electron chi connectivity index (χ4n) is 3.86. The van der Waals surface area contributed by atoms with Gasteiger partial charge in [-0.05, 0) is 32.5 Å². The molecule has 25 heavy (non-hydrogen) atoms. The van der Waals surface area contributed by atoms with Crippen molar-refractivity contribution in [1.29, 1.82) is 0 Å². The zero-order valence-corrected chi connectivity index (χ0v) is 15.0. The molecule has 2 aromatic rings. The Balaban J connectivity index is 1.83. The van der Waals surface area contributed by atoms with Crippen molar-refractivity contribution in [3.05, 3.63) is 40.3 Å².